The fourth-order valence-electron chi connectivity index (χ4n) is 1.81. The van der Waals surface area contributed by atoms with Crippen molar-refractivity contribution >= 4 is 29.1 Å². The molecule has 0 atom stereocenters. The maximum Gasteiger partial charge on any atom is 0.191 e. The van der Waals surface area contributed by atoms with E-state index in [0.29, 0.717) is 41.9 Å². The summed E-state index contributed by atoms with van der Waals surface area (Å²) < 4.78 is 7.65. The van der Waals surface area contributed by atoms with Gasteiger partial charge in [-0.1, -0.05) is 29.4 Å². The molecule has 2 aromatic rings. The predicted molar refractivity (Wildman–Crippen MR) is 92.0 cm³/mol. The normalized spacial score (nSPS) is 10.5. The van der Waals surface area contributed by atoms with E-state index >= 15 is 0 Å². The Morgan fingerprint density at radius 2 is 2.13 bits per heavy atom. The first kappa shape index (κ1) is 17.6. The first-order chi connectivity index (χ1) is 11.1. The van der Waals surface area contributed by atoms with Gasteiger partial charge in [0, 0.05) is 23.7 Å². The fraction of sp³-hybridized carbons (Fsp3) is 0.312. The summed E-state index contributed by atoms with van der Waals surface area (Å²) in [6.45, 7) is 6.24. The van der Waals surface area contributed by atoms with Crippen LogP contribution in [0.15, 0.2) is 42.1 Å². The van der Waals surface area contributed by atoms with Crippen LogP contribution in [-0.4, -0.2) is 26.3 Å². The molecule has 2 rings (SSSR count). The molecule has 1 aromatic carbocycles. The minimum Gasteiger partial charge on any atom is -0.486 e. The molecule has 0 saturated heterocycles. The molecule has 0 bridgehead atoms. The van der Waals surface area contributed by atoms with Crippen LogP contribution >= 0.6 is 23.4 Å². The number of ether oxygens (including phenoxy) is 1. The van der Waals surface area contributed by atoms with E-state index in [-0.39, 0.29) is 5.78 Å². The Morgan fingerprint density at radius 3 is 2.78 bits per heavy atom. The number of nitrogens with zero attached hydrogens (tertiary/aromatic N) is 3. The number of halogens is 1. The first-order valence-electron chi connectivity index (χ1n) is 7.13. The minimum absolute atomic E-state index is 0.165. The molecule has 0 aliphatic heterocycles. The van der Waals surface area contributed by atoms with Crippen LogP contribution in [0, 0.1) is 0 Å². The lowest BCUT2D eigenvalue weighted by Gasteiger charge is -2.09. The highest BCUT2D eigenvalue weighted by atomic mass is 35.5. The molecule has 0 unspecified atom stereocenters. The highest BCUT2D eigenvalue weighted by Crippen LogP contribution is 2.20. The fourth-order valence-corrected chi connectivity index (χ4v) is 2.94. The second kappa shape index (κ2) is 8.74. The SMILES string of the molecule is C=CCn1c(COc2ccc(Cl)cc2)nnc1SCCC(C)=O. The van der Waals surface area contributed by atoms with Gasteiger partial charge in [-0.25, -0.2) is 0 Å². The minimum atomic E-state index is 0.165. The van der Waals surface area contributed by atoms with Crippen molar-refractivity contribution in [1.29, 1.82) is 0 Å². The van der Waals surface area contributed by atoms with Crippen LogP contribution in [0.2, 0.25) is 5.02 Å². The molecule has 1 heterocycles. The Labute approximate surface area is 144 Å². The van der Waals surface area contributed by atoms with E-state index in [2.05, 4.69) is 16.8 Å². The number of ketones is 1. The van der Waals surface area contributed by atoms with Crippen molar-refractivity contribution < 1.29 is 9.53 Å². The third kappa shape index (κ3) is 5.41. The number of thioether (sulfide) groups is 1. The Morgan fingerprint density at radius 1 is 1.39 bits per heavy atom. The number of carbonyl (C=O) groups excluding carboxylic acids is 1. The first-order valence-corrected chi connectivity index (χ1v) is 8.50. The number of hydrogen-bond acceptors (Lipinski definition) is 5. The lowest BCUT2D eigenvalue weighted by atomic mass is 10.3. The average molecular weight is 352 g/mol. The summed E-state index contributed by atoms with van der Waals surface area (Å²) in [7, 11) is 0. The summed E-state index contributed by atoms with van der Waals surface area (Å²) in [4.78, 5) is 11.0. The molecule has 1 aromatic heterocycles. The summed E-state index contributed by atoms with van der Waals surface area (Å²) >= 11 is 7.36. The molecule has 122 valence electrons. The van der Waals surface area contributed by atoms with Crippen molar-refractivity contribution in [2.45, 2.75) is 31.7 Å². The number of aromatic nitrogens is 3. The molecule has 5 nitrogen and oxygen atoms in total. The van der Waals surface area contributed by atoms with Gasteiger partial charge in [-0.15, -0.1) is 16.8 Å². The Hall–Kier alpha value is -1.79. The quantitative estimate of drug-likeness (QED) is 0.508. The van der Waals surface area contributed by atoms with Crippen LogP contribution in [0.4, 0.5) is 0 Å². The molecule has 0 radical (unpaired) electrons. The summed E-state index contributed by atoms with van der Waals surface area (Å²) in [5, 5.41) is 9.78. The van der Waals surface area contributed by atoms with Crippen LogP contribution in [0.5, 0.6) is 5.75 Å². The second-order valence-corrected chi connectivity index (χ2v) is 6.34. The van der Waals surface area contributed by atoms with E-state index in [1.807, 2.05) is 4.57 Å². The van der Waals surface area contributed by atoms with E-state index in [1.165, 1.54) is 11.8 Å². The van der Waals surface area contributed by atoms with Crippen molar-refractivity contribution in [3.8, 4) is 5.75 Å². The van der Waals surface area contributed by atoms with Gasteiger partial charge in [0.2, 0.25) is 0 Å². The van der Waals surface area contributed by atoms with E-state index in [4.69, 9.17) is 16.3 Å². The molecule has 0 N–H and O–H groups in total. The van der Waals surface area contributed by atoms with Crippen molar-refractivity contribution in [2.24, 2.45) is 0 Å². The highest BCUT2D eigenvalue weighted by molar-refractivity contribution is 7.99. The molecule has 0 spiro atoms. The molecule has 0 fully saturated rings. The third-order valence-corrected chi connectivity index (χ3v) is 4.19. The standard InChI is InChI=1S/C16H18ClN3O2S/c1-3-9-20-15(11-22-14-6-4-13(17)5-7-14)18-19-16(20)23-10-8-12(2)21/h3-7H,1,8-11H2,2H3. The number of Topliss-reactive ketones (excluding diaryl/α,β-unsaturated/α-hetero) is 1. The van der Waals surface area contributed by atoms with Crippen molar-refractivity contribution in [3.63, 3.8) is 0 Å². The van der Waals surface area contributed by atoms with E-state index in [0.717, 1.165) is 5.16 Å². The number of rotatable bonds is 9. The molecule has 7 heteroatoms. The van der Waals surface area contributed by atoms with Crippen molar-refractivity contribution in [2.75, 3.05) is 5.75 Å². The van der Waals surface area contributed by atoms with Gasteiger partial charge in [0.25, 0.3) is 0 Å². The van der Waals surface area contributed by atoms with Gasteiger partial charge in [0.1, 0.15) is 18.1 Å². The average Bonchev–Trinajstić information content (AvgIpc) is 2.89. The number of hydrogen-bond donors (Lipinski definition) is 0. The van der Waals surface area contributed by atoms with Gasteiger partial charge in [-0.05, 0) is 31.2 Å². The Bertz CT molecular complexity index is 670. The maximum atomic E-state index is 11.0. The molecular weight excluding hydrogens is 334 g/mol. The zero-order chi connectivity index (χ0) is 16.7. The predicted octanol–water partition coefficient (Wildman–Crippen LogP) is 3.77. The Kier molecular flexibility index (Phi) is 6.67. The van der Waals surface area contributed by atoms with E-state index in [1.54, 1.807) is 37.3 Å². The van der Waals surface area contributed by atoms with Gasteiger partial charge in [-0.3, -0.25) is 9.36 Å². The molecule has 0 saturated carbocycles. The number of carbonyl (C=O) groups is 1. The maximum absolute atomic E-state index is 11.0. The van der Waals surface area contributed by atoms with Gasteiger partial charge in [0.05, 0.1) is 0 Å². The van der Waals surface area contributed by atoms with Crippen LogP contribution in [0.25, 0.3) is 0 Å². The second-order valence-electron chi connectivity index (χ2n) is 4.84. The zero-order valence-corrected chi connectivity index (χ0v) is 14.4. The van der Waals surface area contributed by atoms with Crippen molar-refractivity contribution in [1.82, 2.24) is 14.8 Å². The zero-order valence-electron chi connectivity index (χ0n) is 12.9. The summed E-state index contributed by atoms with van der Waals surface area (Å²) in [5.41, 5.74) is 0. The Balaban J connectivity index is 2.02. The summed E-state index contributed by atoms with van der Waals surface area (Å²) in [6, 6.07) is 7.15. The molecule has 23 heavy (non-hydrogen) atoms. The van der Waals surface area contributed by atoms with E-state index in [9.17, 15) is 4.79 Å². The van der Waals surface area contributed by atoms with Gasteiger partial charge >= 0.3 is 0 Å². The lowest BCUT2D eigenvalue weighted by Crippen LogP contribution is -2.07. The number of benzene rings is 1. The van der Waals surface area contributed by atoms with Crippen LogP contribution in [0.3, 0.4) is 0 Å². The monoisotopic (exact) mass is 351 g/mol. The topological polar surface area (TPSA) is 57.0 Å². The van der Waals surface area contributed by atoms with Gasteiger partial charge in [0.15, 0.2) is 11.0 Å². The van der Waals surface area contributed by atoms with Crippen LogP contribution in [-0.2, 0) is 17.9 Å². The number of allylic oxidation sites excluding steroid dienone is 1. The largest absolute Gasteiger partial charge is 0.486 e. The van der Waals surface area contributed by atoms with Crippen molar-refractivity contribution in [3.05, 3.63) is 47.8 Å². The highest BCUT2D eigenvalue weighted by Gasteiger charge is 2.12. The van der Waals surface area contributed by atoms with Crippen LogP contribution < -0.4 is 4.74 Å². The molecule has 0 aliphatic carbocycles. The lowest BCUT2D eigenvalue weighted by molar-refractivity contribution is -0.116. The smallest absolute Gasteiger partial charge is 0.191 e. The van der Waals surface area contributed by atoms with Crippen LogP contribution in [0.1, 0.15) is 19.2 Å². The summed E-state index contributed by atoms with van der Waals surface area (Å²) in [6.07, 6.45) is 2.30. The molecule has 0 amide bonds. The molecular formula is C16H18ClN3O2S. The van der Waals surface area contributed by atoms with Gasteiger partial charge < -0.3 is 4.74 Å². The third-order valence-electron chi connectivity index (χ3n) is 2.97. The van der Waals surface area contributed by atoms with Gasteiger partial charge in [-0.2, -0.15) is 0 Å². The van der Waals surface area contributed by atoms with E-state index < -0.39 is 0 Å². The summed E-state index contributed by atoms with van der Waals surface area (Å²) in [5.74, 6) is 2.28. The molecule has 0 aliphatic rings.